The highest BCUT2D eigenvalue weighted by atomic mass is 32.2. The second-order valence-corrected chi connectivity index (χ2v) is 6.53. The van der Waals surface area contributed by atoms with Crippen molar-refractivity contribution in [3.63, 3.8) is 0 Å². The highest BCUT2D eigenvalue weighted by molar-refractivity contribution is 7.89. The summed E-state index contributed by atoms with van der Waals surface area (Å²) in [7, 11) is -2.68. The van der Waals surface area contributed by atoms with Crippen LogP contribution in [0.2, 0.25) is 0 Å². The number of nitrogens with one attached hydrogen (secondary N) is 1. The van der Waals surface area contributed by atoms with Crippen LogP contribution < -0.4 is 9.46 Å². The summed E-state index contributed by atoms with van der Waals surface area (Å²) in [5, 5.41) is 10.9. The summed E-state index contributed by atoms with van der Waals surface area (Å²) in [4.78, 5) is 9.95. The fourth-order valence-corrected chi connectivity index (χ4v) is 3.52. The van der Waals surface area contributed by atoms with Crippen LogP contribution in [0, 0.1) is 10.1 Å². The van der Waals surface area contributed by atoms with Gasteiger partial charge < -0.3 is 4.74 Å². The van der Waals surface area contributed by atoms with Gasteiger partial charge in [0.2, 0.25) is 10.0 Å². The Labute approximate surface area is 134 Å². The quantitative estimate of drug-likeness (QED) is 0.646. The fourth-order valence-electron chi connectivity index (χ4n) is 2.09. The molecule has 8 heteroatoms. The second kappa shape index (κ2) is 6.76. The molecule has 1 atom stereocenters. The molecule has 0 fully saturated rings. The normalized spacial score (nSPS) is 12.6. The average molecular weight is 336 g/mol. The van der Waals surface area contributed by atoms with Gasteiger partial charge in [-0.3, -0.25) is 10.1 Å². The minimum atomic E-state index is -3.99. The minimum absolute atomic E-state index is 0.0448. The summed E-state index contributed by atoms with van der Waals surface area (Å²) in [6, 6.07) is 12.0. The van der Waals surface area contributed by atoms with Gasteiger partial charge in [-0.15, -0.1) is 0 Å². The third-order valence-electron chi connectivity index (χ3n) is 3.28. The Balaban J connectivity index is 2.39. The second-order valence-electron chi connectivity index (χ2n) is 4.85. The molecule has 0 aliphatic rings. The number of rotatable bonds is 6. The highest BCUT2D eigenvalue weighted by Gasteiger charge is 2.25. The summed E-state index contributed by atoms with van der Waals surface area (Å²) in [5.74, 6) is 0.0448. The maximum Gasteiger partial charge on any atom is 0.271 e. The molecule has 0 aliphatic heterocycles. The van der Waals surface area contributed by atoms with Crippen LogP contribution in [-0.2, 0) is 10.0 Å². The first-order valence-electron chi connectivity index (χ1n) is 6.75. The van der Waals surface area contributed by atoms with Crippen molar-refractivity contribution in [2.45, 2.75) is 17.9 Å². The lowest BCUT2D eigenvalue weighted by molar-refractivity contribution is -0.385. The summed E-state index contributed by atoms with van der Waals surface area (Å²) in [5.41, 5.74) is 0.457. The molecule has 7 nitrogen and oxygen atoms in total. The third-order valence-corrected chi connectivity index (χ3v) is 4.84. The van der Waals surface area contributed by atoms with Crippen LogP contribution >= 0.6 is 0 Å². The molecule has 0 saturated carbocycles. The Hall–Kier alpha value is -2.45. The number of methoxy groups -OCH3 is 1. The van der Waals surface area contributed by atoms with Crippen molar-refractivity contribution in [2.24, 2.45) is 0 Å². The van der Waals surface area contributed by atoms with E-state index >= 15 is 0 Å². The molecule has 1 unspecified atom stereocenters. The fraction of sp³-hybridized carbons (Fsp3) is 0.200. The van der Waals surface area contributed by atoms with Crippen LogP contribution in [-0.4, -0.2) is 20.5 Å². The molecule has 0 aliphatic carbocycles. The first kappa shape index (κ1) is 16.9. The number of hydrogen-bond acceptors (Lipinski definition) is 5. The molecule has 2 rings (SSSR count). The van der Waals surface area contributed by atoms with E-state index in [9.17, 15) is 18.5 Å². The molecular formula is C15H16N2O5S. The lowest BCUT2D eigenvalue weighted by atomic mass is 10.1. The lowest BCUT2D eigenvalue weighted by Gasteiger charge is -2.16. The maximum absolute atomic E-state index is 12.6. The molecular weight excluding hydrogens is 320 g/mol. The maximum atomic E-state index is 12.6. The van der Waals surface area contributed by atoms with E-state index in [4.69, 9.17) is 4.74 Å². The van der Waals surface area contributed by atoms with E-state index < -0.39 is 21.0 Å². The average Bonchev–Trinajstić information content (AvgIpc) is 2.54. The molecule has 0 heterocycles. The topological polar surface area (TPSA) is 98.5 Å². The first-order chi connectivity index (χ1) is 10.8. The number of hydrogen-bond donors (Lipinski definition) is 1. The van der Waals surface area contributed by atoms with Crippen molar-refractivity contribution in [3.05, 3.63) is 64.2 Å². The van der Waals surface area contributed by atoms with Gasteiger partial charge in [0.05, 0.1) is 12.0 Å². The van der Waals surface area contributed by atoms with E-state index in [2.05, 4.69) is 4.72 Å². The van der Waals surface area contributed by atoms with Gasteiger partial charge in [-0.25, -0.2) is 13.1 Å². The third kappa shape index (κ3) is 3.85. The van der Waals surface area contributed by atoms with Gasteiger partial charge in [0.25, 0.3) is 5.69 Å². The van der Waals surface area contributed by atoms with Crippen LogP contribution in [0.3, 0.4) is 0 Å². The molecule has 2 aromatic carbocycles. The number of non-ortho nitro benzene ring substituents is 1. The Morgan fingerprint density at radius 1 is 1.17 bits per heavy atom. The number of benzene rings is 2. The van der Waals surface area contributed by atoms with Crippen molar-refractivity contribution < 1.29 is 18.1 Å². The van der Waals surface area contributed by atoms with Crippen LogP contribution in [0.1, 0.15) is 18.5 Å². The molecule has 122 valence electrons. The predicted octanol–water partition coefficient (Wildman–Crippen LogP) is 2.64. The molecule has 0 radical (unpaired) electrons. The van der Waals surface area contributed by atoms with Crippen LogP contribution in [0.25, 0.3) is 0 Å². The molecule has 0 bridgehead atoms. The van der Waals surface area contributed by atoms with Gasteiger partial charge in [0.1, 0.15) is 10.6 Å². The minimum Gasteiger partial charge on any atom is -0.495 e. The lowest BCUT2D eigenvalue weighted by Crippen LogP contribution is -2.27. The van der Waals surface area contributed by atoms with E-state index in [0.717, 1.165) is 11.6 Å². The summed E-state index contributed by atoms with van der Waals surface area (Å²) in [6.07, 6.45) is 0. The largest absolute Gasteiger partial charge is 0.495 e. The smallest absolute Gasteiger partial charge is 0.271 e. The van der Waals surface area contributed by atoms with E-state index in [0.29, 0.717) is 0 Å². The van der Waals surface area contributed by atoms with Gasteiger partial charge in [-0.1, -0.05) is 30.3 Å². The highest BCUT2D eigenvalue weighted by Crippen LogP contribution is 2.29. The molecule has 0 spiro atoms. The number of sulfonamides is 1. The van der Waals surface area contributed by atoms with Gasteiger partial charge >= 0.3 is 0 Å². The van der Waals surface area contributed by atoms with E-state index in [-0.39, 0.29) is 16.3 Å². The Morgan fingerprint density at radius 2 is 1.83 bits per heavy atom. The monoisotopic (exact) mass is 336 g/mol. The molecule has 1 N–H and O–H groups in total. The summed E-state index contributed by atoms with van der Waals surface area (Å²) < 4.78 is 32.6. The van der Waals surface area contributed by atoms with Crippen molar-refractivity contribution in [3.8, 4) is 5.75 Å². The molecule has 23 heavy (non-hydrogen) atoms. The number of nitro benzene ring substituents is 1. The van der Waals surface area contributed by atoms with E-state index in [1.165, 1.54) is 19.2 Å². The van der Waals surface area contributed by atoms with Crippen LogP contribution in [0.4, 0.5) is 5.69 Å². The molecule has 0 aromatic heterocycles. The number of ether oxygens (including phenoxy) is 1. The van der Waals surface area contributed by atoms with Crippen molar-refractivity contribution in [1.82, 2.24) is 4.72 Å². The van der Waals surface area contributed by atoms with Crippen molar-refractivity contribution in [1.29, 1.82) is 0 Å². The Kier molecular flexibility index (Phi) is 4.97. The predicted molar refractivity (Wildman–Crippen MR) is 84.8 cm³/mol. The molecule has 0 saturated heterocycles. The molecule has 2 aromatic rings. The Morgan fingerprint density at radius 3 is 2.39 bits per heavy atom. The number of nitrogens with zero attached hydrogens (tertiary/aromatic N) is 1. The zero-order valence-electron chi connectivity index (χ0n) is 12.6. The van der Waals surface area contributed by atoms with E-state index in [1.54, 1.807) is 31.2 Å². The Bertz CT molecular complexity index is 806. The van der Waals surface area contributed by atoms with Gasteiger partial charge in [-0.05, 0) is 18.6 Å². The SMILES string of the molecule is COc1ccc([N+](=O)[O-])cc1S(=O)(=O)NC(C)c1ccccc1. The zero-order chi connectivity index (χ0) is 17.0. The van der Waals surface area contributed by atoms with Crippen LogP contribution in [0.15, 0.2) is 53.4 Å². The van der Waals surface area contributed by atoms with Gasteiger partial charge in [0, 0.05) is 18.2 Å². The van der Waals surface area contributed by atoms with Crippen LogP contribution in [0.5, 0.6) is 5.75 Å². The van der Waals surface area contributed by atoms with E-state index in [1.807, 2.05) is 6.07 Å². The first-order valence-corrected chi connectivity index (χ1v) is 8.23. The van der Waals surface area contributed by atoms with Gasteiger partial charge in [-0.2, -0.15) is 0 Å². The van der Waals surface area contributed by atoms with Crippen molar-refractivity contribution >= 4 is 15.7 Å². The number of nitro groups is 1. The summed E-state index contributed by atoms with van der Waals surface area (Å²) >= 11 is 0. The van der Waals surface area contributed by atoms with Crippen molar-refractivity contribution in [2.75, 3.05) is 7.11 Å². The zero-order valence-corrected chi connectivity index (χ0v) is 13.4. The summed E-state index contributed by atoms with van der Waals surface area (Å²) in [6.45, 7) is 1.69. The van der Waals surface area contributed by atoms with Gasteiger partial charge in [0.15, 0.2) is 0 Å². The standard InChI is InChI=1S/C15H16N2O5S/c1-11(12-6-4-3-5-7-12)16-23(20,21)15-10-13(17(18)19)8-9-14(15)22-2/h3-11,16H,1-2H3. The molecule has 0 amide bonds.